The maximum atomic E-state index is 6.14. The molecule has 110 valence electrons. The summed E-state index contributed by atoms with van der Waals surface area (Å²) in [7, 11) is 2.29. The van der Waals surface area contributed by atoms with E-state index in [4.69, 9.17) is 17.3 Å². The van der Waals surface area contributed by atoms with E-state index in [1.54, 1.807) is 0 Å². The van der Waals surface area contributed by atoms with Crippen molar-refractivity contribution < 1.29 is 0 Å². The highest BCUT2D eigenvalue weighted by atomic mass is 35.5. The minimum atomic E-state index is 0.674. The van der Waals surface area contributed by atoms with Crippen LogP contribution in [-0.2, 0) is 6.42 Å². The molecule has 3 nitrogen and oxygen atoms in total. The SMILES string of the molecule is CN1C2CCC1CN(c1ccc(Cl)cc1CCN)CC2. The van der Waals surface area contributed by atoms with E-state index in [1.807, 2.05) is 6.07 Å². The number of nitrogens with two attached hydrogens (primary N) is 1. The molecule has 1 aromatic rings. The highest BCUT2D eigenvalue weighted by Crippen LogP contribution is 2.32. The van der Waals surface area contributed by atoms with Gasteiger partial charge in [0, 0.05) is 35.9 Å². The molecule has 3 rings (SSSR count). The minimum Gasteiger partial charge on any atom is -0.370 e. The molecule has 2 bridgehead atoms. The summed E-state index contributed by atoms with van der Waals surface area (Å²) in [5, 5.41) is 0.811. The molecule has 4 heteroatoms. The Morgan fingerprint density at radius 2 is 2.05 bits per heavy atom. The van der Waals surface area contributed by atoms with Gasteiger partial charge in [0.1, 0.15) is 0 Å². The summed E-state index contributed by atoms with van der Waals surface area (Å²) >= 11 is 6.14. The summed E-state index contributed by atoms with van der Waals surface area (Å²) < 4.78 is 0. The van der Waals surface area contributed by atoms with Crippen LogP contribution >= 0.6 is 11.6 Å². The van der Waals surface area contributed by atoms with E-state index in [9.17, 15) is 0 Å². The second-order valence-electron chi connectivity index (χ2n) is 6.10. The zero-order chi connectivity index (χ0) is 14.1. The zero-order valence-corrected chi connectivity index (χ0v) is 12.9. The molecule has 2 aliphatic heterocycles. The number of nitrogens with zero attached hydrogens (tertiary/aromatic N) is 2. The van der Waals surface area contributed by atoms with Crippen molar-refractivity contribution in [3.8, 4) is 0 Å². The average molecular weight is 294 g/mol. The Hall–Kier alpha value is -0.770. The smallest absolute Gasteiger partial charge is 0.0410 e. The fraction of sp³-hybridized carbons (Fsp3) is 0.625. The van der Waals surface area contributed by atoms with Gasteiger partial charge in [-0.2, -0.15) is 0 Å². The van der Waals surface area contributed by atoms with Crippen molar-refractivity contribution in [2.45, 2.75) is 37.8 Å². The number of fused-ring (bicyclic) bond motifs is 2. The van der Waals surface area contributed by atoms with Crippen LogP contribution in [0.1, 0.15) is 24.8 Å². The average Bonchev–Trinajstić information content (AvgIpc) is 2.65. The van der Waals surface area contributed by atoms with Crippen molar-refractivity contribution in [3.05, 3.63) is 28.8 Å². The molecule has 0 aliphatic carbocycles. The molecule has 2 heterocycles. The second-order valence-corrected chi connectivity index (χ2v) is 6.53. The summed E-state index contributed by atoms with van der Waals surface area (Å²) in [5.41, 5.74) is 8.38. The lowest BCUT2D eigenvalue weighted by Gasteiger charge is -2.29. The van der Waals surface area contributed by atoms with Gasteiger partial charge in [0.15, 0.2) is 0 Å². The van der Waals surface area contributed by atoms with E-state index < -0.39 is 0 Å². The highest BCUT2D eigenvalue weighted by molar-refractivity contribution is 6.30. The molecule has 1 aromatic carbocycles. The second kappa shape index (κ2) is 5.92. The molecule has 2 aliphatic rings. The summed E-state index contributed by atoms with van der Waals surface area (Å²) in [6, 6.07) is 7.73. The number of benzene rings is 1. The maximum absolute atomic E-state index is 6.14. The number of hydrogen-bond donors (Lipinski definition) is 1. The number of rotatable bonds is 3. The third kappa shape index (κ3) is 2.67. The van der Waals surface area contributed by atoms with Gasteiger partial charge in [-0.3, -0.25) is 4.90 Å². The molecule has 2 saturated heterocycles. The maximum Gasteiger partial charge on any atom is 0.0410 e. The zero-order valence-electron chi connectivity index (χ0n) is 12.2. The largest absolute Gasteiger partial charge is 0.370 e. The van der Waals surface area contributed by atoms with Crippen LogP contribution in [0.25, 0.3) is 0 Å². The van der Waals surface area contributed by atoms with Crippen molar-refractivity contribution in [2.24, 2.45) is 5.73 Å². The first kappa shape index (κ1) is 14.2. The minimum absolute atomic E-state index is 0.674. The fourth-order valence-electron chi connectivity index (χ4n) is 3.75. The first-order chi connectivity index (χ1) is 9.69. The molecule has 2 atom stereocenters. The number of anilines is 1. The van der Waals surface area contributed by atoms with E-state index in [0.717, 1.165) is 30.6 Å². The quantitative estimate of drug-likeness (QED) is 0.929. The number of hydrogen-bond acceptors (Lipinski definition) is 3. The predicted octanol–water partition coefficient (Wildman–Crippen LogP) is 2.51. The van der Waals surface area contributed by atoms with Crippen LogP contribution in [0.4, 0.5) is 5.69 Å². The fourth-order valence-corrected chi connectivity index (χ4v) is 3.94. The van der Waals surface area contributed by atoms with Gasteiger partial charge >= 0.3 is 0 Å². The first-order valence-electron chi connectivity index (χ1n) is 7.64. The third-order valence-corrected chi connectivity index (χ3v) is 5.18. The van der Waals surface area contributed by atoms with Gasteiger partial charge in [-0.15, -0.1) is 0 Å². The van der Waals surface area contributed by atoms with Crippen LogP contribution in [0, 0.1) is 0 Å². The molecule has 0 saturated carbocycles. The van der Waals surface area contributed by atoms with Gasteiger partial charge in [-0.05, 0) is 63.0 Å². The van der Waals surface area contributed by atoms with Crippen molar-refractivity contribution in [1.82, 2.24) is 4.90 Å². The number of likely N-dealkylation sites (N-methyl/N-ethyl adjacent to an activating group) is 1. The standard InChI is InChI=1S/C16H24ClN3/c1-19-14-3-4-15(19)11-20(9-7-14)16-5-2-13(17)10-12(16)6-8-18/h2,5,10,14-15H,3-4,6-9,11,18H2,1H3. The highest BCUT2D eigenvalue weighted by Gasteiger charge is 2.34. The predicted molar refractivity (Wildman–Crippen MR) is 85.6 cm³/mol. The van der Waals surface area contributed by atoms with Crippen molar-refractivity contribution in [2.75, 3.05) is 31.6 Å². The molecule has 2 fully saturated rings. The van der Waals surface area contributed by atoms with Gasteiger partial charge in [0.25, 0.3) is 0 Å². The molecule has 0 amide bonds. The van der Waals surface area contributed by atoms with Crippen LogP contribution in [-0.4, -0.2) is 43.7 Å². The van der Waals surface area contributed by atoms with Crippen LogP contribution in [0.5, 0.6) is 0 Å². The van der Waals surface area contributed by atoms with E-state index in [1.165, 1.54) is 30.5 Å². The Morgan fingerprint density at radius 3 is 2.85 bits per heavy atom. The lowest BCUT2D eigenvalue weighted by atomic mass is 10.0. The molecular formula is C16H24ClN3. The van der Waals surface area contributed by atoms with E-state index >= 15 is 0 Å². The Balaban J connectivity index is 1.85. The van der Waals surface area contributed by atoms with Gasteiger partial charge in [-0.25, -0.2) is 0 Å². The normalized spacial score (nSPS) is 26.9. The summed E-state index contributed by atoms with van der Waals surface area (Å²) in [4.78, 5) is 5.13. The van der Waals surface area contributed by atoms with E-state index in [-0.39, 0.29) is 0 Å². The molecular weight excluding hydrogens is 270 g/mol. The summed E-state index contributed by atoms with van der Waals surface area (Å²) in [6.45, 7) is 2.95. The lowest BCUT2D eigenvalue weighted by Crippen LogP contribution is -2.37. The summed E-state index contributed by atoms with van der Waals surface area (Å²) in [5.74, 6) is 0. The van der Waals surface area contributed by atoms with Crippen molar-refractivity contribution in [3.63, 3.8) is 0 Å². The Bertz CT molecular complexity index is 477. The van der Waals surface area contributed by atoms with Gasteiger partial charge in [0.05, 0.1) is 0 Å². The van der Waals surface area contributed by atoms with E-state index in [2.05, 4.69) is 29.0 Å². The van der Waals surface area contributed by atoms with Crippen LogP contribution in [0.15, 0.2) is 18.2 Å². The van der Waals surface area contributed by atoms with Crippen LogP contribution < -0.4 is 10.6 Å². The molecule has 20 heavy (non-hydrogen) atoms. The molecule has 0 aromatic heterocycles. The third-order valence-electron chi connectivity index (χ3n) is 4.94. The van der Waals surface area contributed by atoms with E-state index in [0.29, 0.717) is 12.6 Å². The lowest BCUT2D eigenvalue weighted by molar-refractivity contribution is 0.254. The topological polar surface area (TPSA) is 32.5 Å². The van der Waals surface area contributed by atoms with Crippen molar-refractivity contribution >= 4 is 17.3 Å². The van der Waals surface area contributed by atoms with Gasteiger partial charge in [0.2, 0.25) is 0 Å². The Labute approximate surface area is 126 Å². The molecule has 0 radical (unpaired) electrons. The van der Waals surface area contributed by atoms with Crippen molar-refractivity contribution in [1.29, 1.82) is 0 Å². The Morgan fingerprint density at radius 1 is 1.25 bits per heavy atom. The molecule has 2 unspecified atom stereocenters. The molecule has 0 spiro atoms. The van der Waals surface area contributed by atoms with Crippen LogP contribution in [0.3, 0.4) is 0 Å². The first-order valence-corrected chi connectivity index (χ1v) is 8.02. The van der Waals surface area contributed by atoms with Gasteiger partial charge < -0.3 is 10.6 Å². The van der Waals surface area contributed by atoms with Gasteiger partial charge in [-0.1, -0.05) is 11.6 Å². The monoisotopic (exact) mass is 293 g/mol. The number of halogens is 1. The van der Waals surface area contributed by atoms with Crippen LogP contribution in [0.2, 0.25) is 5.02 Å². The Kier molecular flexibility index (Phi) is 4.20. The summed E-state index contributed by atoms with van der Waals surface area (Å²) in [6.07, 6.45) is 4.86. The molecule has 2 N–H and O–H groups in total.